The van der Waals surface area contributed by atoms with E-state index in [1.807, 2.05) is 0 Å². The minimum atomic E-state index is -4.55. The van der Waals surface area contributed by atoms with Crippen molar-refractivity contribution in [3.8, 4) is 0 Å². The third kappa shape index (κ3) is 4.86. The number of thiophene rings is 1. The van der Waals surface area contributed by atoms with Gasteiger partial charge in [0.15, 0.2) is 0 Å². The number of hydrogen-bond donors (Lipinski definition) is 2. The minimum absolute atomic E-state index is 0.0906. The summed E-state index contributed by atoms with van der Waals surface area (Å²) in [4.78, 5) is 12.7. The van der Waals surface area contributed by atoms with Crippen LogP contribution >= 0.6 is 22.9 Å². The molecule has 0 aliphatic carbocycles. The fourth-order valence-electron chi connectivity index (χ4n) is 1.99. The Morgan fingerprint density at radius 1 is 1.29 bits per heavy atom. The van der Waals surface area contributed by atoms with Gasteiger partial charge in [-0.1, -0.05) is 23.7 Å². The lowest BCUT2D eigenvalue weighted by atomic mass is 10.1. The Morgan fingerprint density at radius 3 is 2.58 bits per heavy atom. The quantitative estimate of drug-likeness (QED) is 0.775. The predicted molar refractivity (Wildman–Crippen MR) is 87.5 cm³/mol. The maximum Gasteiger partial charge on any atom is 0.418 e. The van der Waals surface area contributed by atoms with E-state index in [2.05, 4.69) is 10.6 Å². The molecule has 24 heavy (non-hydrogen) atoms. The zero-order valence-electron chi connectivity index (χ0n) is 12.5. The van der Waals surface area contributed by atoms with Gasteiger partial charge in [-0.15, -0.1) is 11.3 Å². The van der Waals surface area contributed by atoms with E-state index in [0.29, 0.717) is 4.34 Å². The fourth-order valence-corrected chi connectivity index (χ4v) is 3.13. The molecule has 4 nitrogen and oxygen atoms in total. The normalized spacial score (nSPS) is 12.7. The third-order valence-corrected chi connectivity index (χ3v) is 4.45. The zero-order chi connectivity index (χ0) is 17.7. The van der Waals surface area contributed by atoms with E-state index in [-0.39, 0.29) is 12.2 Å². The molecule has 0 spiro atoms. The molecule has 0 aliphatic heterocycles. The second kappa shape index (κ2) is 7.87. The number of halogens is 4. The van der Waals surface area contributed by atoms with Crippen molar-refractivity contribution >= 4 is 34.7 Å². The number of alkyl halides is 3. The summed E-state index contributed by atoms with van der Waals surface area (Å²) in [6.45, 7) is 0.0906. The van der Waals surface area contributed by atoms with E-state index in [1.165, 1.54) is 36.6 Å². The van der Waals surface area contributed by atoms with Gasteiger partial charge in [0, 0.05) is 12.0 Å². The second-order valence-corrected chi connectivity index (χ2v) is 6.49. The summed E-state index contributed by atoms with van der Waals surface area (Å²) in [6.07, 6.45) is -4.99. The lowest BCUT2D eigenvalue weighted by molar-refractivity contribution is -0.136. The average Bonchev–Trinajstić information content (AvgIpc) is 2.94. The number of para-hydroxylation sites is 1. The van der Waals surface area contributed by atoms with Crippen LogP contribution in [0.25, 0.3) is 0 Å². The number of ether oxygens (including phenoxy) is 1. The summed E-state index contributed by atoms with van der Waals surface area (Å²) >= 11 is 7.15. The van der Waals surface area contributed by atoms with Gasteiger partial charge in [0.05, 0.1) is 22.1 Å². The van der Waals surface area contributed by atoms with Gasteiger partial charge >= 0.3 is 12.2 Å². The Bertz CT molecular complexity index is 706. The number of nitrogens with one attached hydrogen (secondary N) is 2. The van der Waals surface area contributed by atoms with Crippen molar-refractivity contribution in [2.45, 2.75) is 12.3 Å². The molecular weight excluding hydrogens is 365 g/mol. The molecule has 1 heterocycles. The van der Waals surface area contributed by atoms with Gasteiger partial charge in [-0.25, -0.2) is 4.79 Å². The SMILES string of the molecule is COC(CNC(=O)Nc1ccccc1C(F)(F)F)c1ccc(Cl)s1. The summed E-state index contributed by atoms with van der Waals surface area (Å²) in [5, 5.41) is 4.69. The number of amides is 2. The van der Waals surface area contributed by atoms with E-state index < -0.39 is 23.9 Å². The van der Waals surface area contributed by atoms with Crippen molar-refractivity contribution in [2.24, 2.45) is 0 Å². The summed E-state index contributed by atoms with van der Waals surface area (Å²) in [5.74, 6) is 0. The van der Waals surface area contributed by atoms with Crippen LogP contribution in [0, 0.1) is 0 Å². The summed E-state index contributed by atoms with van der Waals surface area (Å²) in [5.41, 5.74) is -1.22. The molecule has 1 atom stereocenters. The molecule has 0 aliphatic rings. The van der Waals surface area contributed by atoms with Gasteiger partial charge in [-0.05, 0) is 24.3 Å². The maximum atomic E-state index is 12.9. The number of benzene rings is 1. The number of carbonyl (C=O) groups is 1. The molecule has 0 bridgehead atoms. The van der Waals surface area contributed by atoms with Crippen molar-refractivity contribution in [1.82, 2.24) is 5.32 Å². The molecule has 0 saturated heterocycles. The Labute approximate surface area is 145 Å². The number of carbonyl (C=O) groups excluding carboxylic acids is 1. The van der Waals surface area contributed by atoms with Crippen molar-refractivity contribution in [1.29, 1.82) is 0 Å². The minimum Gasteiger partial charge on any atom is -0.374 e. The molecule has 9 heteroatoms. The molecule has 0 saturated carbocycles. The van der Waals surface area contributed by atoms with E-state index >= 15 is 0 Å². The largest absolute Gasteiger partial charge is 0.418 e. The first kappa shape index (κ1) is 18.6. The third-order valence-electron chi connectivity index (χ3n) is 3.12. The standard InChI is InChI=1S/C15H14ClF3N2O2S/c1-23-11(12-6-7-13(16)24-12)8-20-14(22)21-10-5-3-2-4-9(10)15(17,18)19/h2-7,11H,8H2,1H3,(H2,20,21,22). The molecule has 2 amide bonds. The number of methoxy groups -OCH3 is 1. The van der Waals surface area contributed by atoms with Crippen LogP contribution in [0.15, 0.2) is 36.4 Å². The van der Waals surface area contributed by atoms with Gasteiger partial charge < -0.3 is 15.4 Å². The topological polar surface area (TPSA) is 50.4 Å². The van der Waals surface area contributed by atoms with Crippen molar-refractivity contribution < 1.29 is 22.7 Å². The highest BCUT2D eigenvalue weighted by molar-refractivity contribution is 7.16. The Kier molecular flexibility index (Phi) is 6.09. The number of anilines is 1. The number of urea groups is 1. The highest BCUT2D eigenvalue weighted by Crippen LogP contribution is 2.34. The number of hydrogen-bond acceptors (Lipinski definition) is 3. The van der Waals surface area contributed by atoms with Crippen LogP contribution in [0.4, 0.5) is 23.7 Å². The molecule has 1 aromatic heterocycles. The van der Waals surface area contributed by atoms with Crippen LogP contribution in [-0.2, 0) is 10.9 Å². The molecule has 0 fully saturated rings. The van der Waals surface area contributed by atoms with Crippen LogP contribution in [0.2, 0.25) is 4.34 Å². The van der Waals surface area contributed by atoms with Crippen molar-refractivity contribution in [3.05, 3.63) is 51.2 Å². The maximum absolute atomic E-state index is 12.9. The van der Waals surface area contributed by atoms with Crippen LogP contribution in [0.1, 0.15) is 16.5 Å². The molecule has 130 valence electrons. The molecule has 2 rings (SSSR count). The highest BCUT2D eigenvalue weighted by Gasteiger charge is 2.33. The first-order chi connectivity index (χ1) is 11.3. The van der Waals surface area contributed by atoms with Crippen LogP contribution in [0.3, 0.4) is 0 Å². The predicted octanol–water partition coefficient (Wildman–Crippen LogP) is 4.93. The molecule has 2 N–H and O–H groups in total. The first-order valence-electron chi connectivity index (χ1n) is 6.80. The van der Waals surface area contributed by atoms with E-state index in [0.717, 1.165) is 10.9 Å². The highest BCUT2D eigenvalue weighted by atomic mass is 35.5. The van der Waals surface area contributed by atoms with Gasteiger partial charge in [-0.3, -0.25) is 0 Å². The van der Waals surface area contributed by atoms with Gasteiger partial charge in [-0.2, -0.15) is 13.2 Å². The van der Waals surface area contributed by atoms with Gasteiger partial charge in [0.1, 0.15) is 6.10 Å². The van der Waals surface area contributed by atoms with Crippen LogP contribution < -0.4 is 10.6 Å². The van der Waals surface area contributed by atoms with Gasteiger partial charge in [0.25, 0.3) is 0 Å². The molecule has 2 aromatic rings. The smallest absolute Gasteiger partial charge is 0.374 e. The first-order valence-corrected chi connectivity index (χ1v) is 8.00. The molecule has 1 unspecified atom stereocenters. The summed E-state index contributed by atoms with van der Waals surface area (Å²) in [7, 11) is 1.47. The summed E-state index contributed by atoms with van der Waals surface area (Å²) in [6, 6.07) is 7.48. The van der Waals surface area contributed by atoms with E-state index in [9.17, 15) is 18.0 Å². The molecule has 0 radical (unpaired) electrons. The molecule has 1 aromatic carbocycles. The summed E-state index contributed by atoms with van der Waals surface area (Å²) < 4.78 is 44.5. The van der Waals surface area contributed by atoms with E-state index in [1.54, 1.807) is 12.1 Å². The van der Waals surface area contributed by atoms with Crippen LogP contribution in [-0.4, -0.2) is 19.7 Å². The number of rotatable bonds is 5. The molecular formula is C15H14ClF3N2O2S. The Morgan fingerprint density at radius 2 is 2.00 bits per heavy atom. The average molecular weight is 379 g/mol. The van der Waals surface area contributed by atoms with Crippen molar-refractivity contribution in [3.63, 3.8) is 0 Å². The van der Waals surface area contributed by atoms with E-state index in [4.69, 9.17) is 16.3 Å². The second-order valence-electron chi connectivity index (χ2n) is 4.74. The lowest BCUT2D eigenvalue weighted by Crippen LogP contribution is -2.33. The van der Waals surface area contributed by atoms with Gasteiger partial charge in [0.2, 0.25) is 0 Å². The Hall–Kier alpha value is -1.77. The van der Waals surface area contributed by atoms with Crippen LogP contribution in [0.5, 0.6) is 0 Å². The monoisotopic (exact) mass is 378 g/mol. The fraction of sp³-hybridized carbons (Fsp3) is 0.267. The Balaban J connectivity index is 1.99. The lowest BCUT2D eigenvalue weighted by Gasteiger charge is -2.17. The van der Waals surface area contributed by atoms with Crippen molar-refractivity contribution in [2.75, 3.05) is 19.0 Å². The zero-order valence-corrected chi connectivity index (χ0v) is 14.1.